The molecule has 0 saturated carbocycles. The van der Waals surface area contributed by atoms with E-state index in [-0.39, 0.29) is 6.15 Å². The molecule has 0 aromatic rings. The van der Waals surface area contributed by atoms with Gasteiger partial charge in [0.2, 0.25) is 0 Å². The van der Waals surface area contributed by atoms with Crippen LogP contribution in [0.3, 0.4) is 0 Å². The van der Waals surface area contributed by atoms with Crippen molar-refractivity contribution < 1.29 is 0 Å². The van der Waals surface area contributed by atoms with Crippen LogP contribution in [-0.4, -0.2) is 5.33 Å². The molecule has 0 amide bonds. The van der Waals surface area contributed by atoms with Gasteiger partial charge in [0.05, 0.1) is 0 Å². The van der Waals surface area contributed by atoms with E-state index in [1.807, 2.05) is 0 Å². The molecule has 64 valence electrons. The van der Waals surface area contributed by atoms with Crippen LogP contribution in [-0.2, 0) is 0 Å². The number of hydrogen-bond donors (Lipinski definition) is 1. The van der Waals surface area contributed by atoms with E-state index in [1.165, 1.54) is 31.0 Å². The van der Waals surface area contributed by atoms with Gasteiger partial charge >= 0.3 is 0 Å². The average Bonchev–Trinajstić information content (AvgIpc) is 1.88. The number of rotatable bonds is 5. The van der Waals surface area contributed by atoms with Crippen molar-refractivity contribution in [3.8, 4) is 0 Å². The van der Waals surface area contributed by atoms with Crippen molar-refractivity contribution in [2.75, 3.05) is 5.33 Å². The van der Waals surface area contributed by atoms with Crippen molar-refractivity contribution in [3.05, 3.63) is 0 Å². The third-order valence-electron chi connectivity index (χ3n) is 1.79. The predicted octanol–water partition coefficient (Wildman–Crippen LogP) is 3.76. The third-order valence-corrected chi connectivity index (χ3v) is 2.25. The molecule has 1 atom stereocenters. The van der Waals surface area contributed by atoms with Crippen LogP contribution in [0.4, 0.5) is 0 Å². The smallest absolute Gasteiger partial charge is 0.00339 e. The van der Waals surface area contributed by atoms with E-state index in [0.717, 1.165) is 5.92 Å². The van der Waals surface area contributed by atoms with E-state index in [1.54, 1.807) is 0 Å². The van der Waals surface area contributed by atoms with Crippen molar-refractivity contribution in [2.45, 2.75) is 39.5 Å². The molecule has 0 aliphatic carbocycles. The molecule has 1 unspecified atom stereocenters. The van der Waals surface area contributed by atoms with Crippen LogP contribution in [0.1, 0.15) is 39.5 Å². The highest BCUT2D eigenvalue weighted by Crippen LogP contribution is 2.15. The molecular weight excluding hydrogens is 190 g/mol. The molecule has 0 radical (unpaired) electrons. The van der Waals surface area contributed by atoms with E-state index in [2.05, 4.69) is 29.8 Å². The van der Waals surface area contributed by atoms with Gasteiger partial charge in [0.25, 0.3) is 0 Å². The summed E-state index contributed by atoms with van der Waals surface area (Å²) in [6.07, 6.45) is 5.44. The van der Waals surface area contributed by atoms with Crippen LogP contribution in [0.25, 0.3) is 0 Å². The summed E-state index contributed by atoms with van der Waals surface area (Å²) in [6.45, 7) is 4.54. The van der Waals surface area contributed by atoms with Crippen LogP contribution in [0.5, 0.6) is 0 Å². The van der Waals surface area contributed by atoms with Crippen molar-refractivity contribution in [3.63, 3.8) is 0 Å². The number of halogens is 1. The Morgan fingerprint density at radius 3 is 2.10 bits per heavy atom. The van der Waals surface area contributed by atoms with Crippen molar-refractivity contribution >= 4 is 15.9 Å². The SMILES string of the molecule is CCCC(CC)CCBr.N. The third kappa shape index (κ3) is 6.56. The number of hydrogen-bond acceptors (Lipinski definition) is 1. The van der Waals surface area contributed by atoms with Crippen LogP contribution in [0.15, 0.2) is 0 Å². The number of alkyl halides is 1. The molecular formula is C8H20BrN. The van der Waals surface area contributed by atoms with E-state index >= 15 is 0 Å². The van der Waals surface area contributed by atoms with Gasteiger partial charge in [0, 0.05) is 5.33 Å². The van der Waals surface area contributed by atoms with E-state index in [4.69, 9.17) is 0 Å². The molecule has 0 fully saturated rings. The van der Waals surface area contributed by atoms with Gasteiger partial charge in [-0.15, -0.1) is 0 Å². The lowest BCUT2D eigenvalue weighted by Crippen LogP contribution is -1.97. The minimum Gasteiger partial charge on any atom is -0.344 e. The maximum absolute atomic E-state index is 3.46. The summed E-state index contributed by atoms with van der Waals surface area (Å²) in [5.74, 6) is 0.967. The second-order valence-electron chi connectivity index (χ2n) is 2.54. The predicted molar refractivity (Wildman–Crippen MR) is 52.1 cm³/mol. The summed E-state index contributed by atoms with van der Waals surface area (Å²) in [5, 5.41) is 1.17. The molecule has 0 bridgehead atoms. The monoisotopic (exact) mass is 209 g/mol. The fourth-order valence-electron chi connectivity index (χ4n) is 1.12. The zero-order valence-electron chi connectivity index (χ0n) is 7.20. The molecule has 0 saturated heterocycles. The summed E-state index contributed by atoms with van der Waals surface area (Å²) in [7, 11) is 0. The average molecular weight is 210 g/mol. The molecule has 0 rings (SSSR count). The Labute approximate surface area is 73.3 Å². The van der Waals surface area contributed by atoms with Crippen molar-refractivity contribution in [2.24, 2.45) is 5.92 Å². The molecule has 3 N–H and O–H groups in total. The van der Waals surface area contributed by atoms with Gasteiger partial charge in [0.1, 0.15) is 0 Å². The highest BCUT2D eigenvalue weighted by Gasteiger charge is 2.01. The lowest BCUT2D eigenvalue weighted by molar-refractivity contribution is 0.455. The fourth-order valence-corrected chi connectivity index (χ4v) is 1.76. The molecule has 0 aromatic heterocycles. The van der Waals surface area contributed by atoms with Gasteiger partial charge in [-0.1, -0.05) is 49.0 Å². The Morgan fingerprint density at radius 2 is 1.80 bits per heavy atom. The van der Waals surface area contributed by atoms with Gasteiger partial charge in [-0.2, -0.15) is 0 Å². The first-order valence-electron chi connectivity index (χ1n) is 3.91. The molecule has 0 heterocycles. The van der Waals surface area contributed by atoms with E-state index < -0.39 is 0 Å². The maximum atomic E-state index is 3.46. The first-order valence-corrected chi connectivity index (χ1v) is 5.03. The molecule has 2 heteroatoms. The van der Waals surface area contributed by atoms with Crippen molar-refractivity contribution in [1.82, 2.24) is 6.15 Å². The summed E-state index contributed by atoms with van der Waals surface area (Å²) >= 11 is 3.46. The fraction of sp³-hybridized carbons (Fsp3) is 1.00. The Bertz CT molecular complexity index is 51.2. The topological polar surface area (TPSA) is 35.0 Å². The lowest BCUT2D eigenvalue weighted by atomic mass is 9.98. The second kappa shape index (κ2) is 9.44. The normalized spacial score (nSPS) is 12.3. The first kappa shape index (κ1) is 13.1. The van der Waals surface area contributed by atoms with E-state index in [9.17, 15) is 0 Å². The maximum Gasteiger partial charge on any atom is 0.00339 e. The zero-order valence-corrected chi connectivity index (χ0v) is 8.78. The van der Waals surface area contributed by atoms with Crippen LogP contribution in [0, 0.1) is 5.92 Å². The summed E-state index contributed by atoms with van der Waals surface area (Å²) in [6, 6.07) is 0. The molecule has 1 nitrogen and oxygen atoms in total. The van der Waals surface area contributed by atoms with Crippen LogP contribution < -0.4 is 6.15 Å². The van der Waals surface area contributed by atoms with Gasteiger partial charge in [-0.25, -0.2) is 0 Å². The van der Waals surface area contributed by atoms with Gasteiger partial charge < -0.3 is 6.15 Å². The highest BCUT2D eigenvalue weighted by molar-refractivity contribution is 9.09. The Hall–Kier alpha value is 0.440. The van der Waals surface area contributed by atoms with Crippen LogP contribution in [0.2, 0.25) is 0 Å². The Morgan fingerprint density at radius 1 is 1.20 bits per heavy atom. The molecule has 0 aromatic carbocycles. The molecule has 0 aliphatic rings. The lowest BCUT2D eigenvalue weighted by Gasteiger charge is -2.10. The van der Waals surface area contributed by atoms with Crippen LogP contribution >= 0.6 is 15.9 Å². The largest absolute Gasteiger partial charge is 0.344 e. The summed E-state index contributed by atoms with van der Waals surface area (Å²) in [5.41, 5.74) is 0. The van der Waals surface area contributed by atoms with Gasteiger partial charge in [0.15, 0.2) is 0 Å². The molecule has 0 aliphatic heterocycles. The molecule has 0 spiro atoms. The van der Waals surface area contributed by atoms with Crippen molar-refractivity contribution in [1.29, 1.82) is 0 Å². The highest BCUT2D eigenvalue weighted by atomic mass is 79.9. The van der Waals surface area contributed by atoms with E-state index in [0.29, 0.717) is 0 Å². The van der Waals surface area contributed by atoms with Gasteiger partial charge in [-0.3, -0.25) is 0 Å². The molecule has 10 heavy (non-hydrogen) atoms. The Balaban J connectivity index is 0. The standard InChI is InChI=1S/C8H17Br.H3N/c1-3-5-8(4-2)6-7-9;/h8H,3-7H2,1-2H3;1H3. The zero-order chi connectivity index (χ0) is 7.11. The summed E-state index contributed by atoms with van der Waals surface area (Å²) < 4.78 is 0. The first-order chi connectivity index (χ1) is 4.35. The summed E-state index contributed by atoms with van der Waals surface area (Å²) in [4.78, 5) is 0. The minimum atomic E-state index is 0. The minimum absolute atomic E-state index is 0. The quantitative estimate of drug-likeness (QED) is 0.689. The van der Waals surface area contributed by atoms with Gasteiger partial charge in [-0.05, 0) is 12.3 Å². The second-order valence-corrected chi connectivity index (χ2v) is 3.33. The Kier molecular flexibility index (Phi) is 12.3.